The average molecular weight is 340 g/mol. The van der Waals surface area contributed by atoms with Crippen molar-refractivity contribution in [2.75, 3.05) is 0 Å². The van der Waals surface area contributed by atoms with Crippen molar-refractivity contribution in [3.05, 3.63) is 76.4 Å². The number of amides is 1. The maximum absolute atomic E-state index is 12.5. The van der Waals surface area contributed by atoms with Crippen LogP contribution in [-0.4, -0.2) is 16.1 Å². The van der Waals surface area contributed by atoms with E-state index in [1.807, 2.05) is 24.3 Å². The third-order valence-electron chi connectivity index (χ3n) is 3.88. The van der Waals surface area contributed by atoms with Gasteiger partial charge in [0.25, 0.3) is 5.91 Å². The number of carbonyl (C=O) groups excluding carboxylic acids is 1. The second-order valence-electron chi connectivity index (χ2n) is 5.52. The minimum Gasteiger partial charge on any atom is -0.348 e. The van der Waals surface area contributed by atoms with Crippen LogP contribution in [0.2, 0.25) is 5.02 Å². The standard InChI is InChI=1S/C19H18ClN3O/c1-2-13-6-8-14(9-7-13)11-21-19(24)17-12-22-23-18(17)15-4-3-5-16(20)10-15/h3-10,12H,2,11H2,1H3,(H,21,24)(H,22,23). The SMILES string of the molecule is CCc1ccc(CNC(=O)c2cn[nH]c2-c2cccc(Cl)c2)cc1. The van der Waals surface area contributed by atoms with E-state index >= 15 is 0 Å². The summed E-state index contributed by atoms with van der Waals surface area (Å²) in [7, 11) is 0. The first-order valence-corrected chi connectivity index (χ1v) is 8.20. The van der Waals surface area contributed by atoms with E-state index in [1.54, 1.807) is 12.1 Å². The predicted molar refractivity (Wildman–Crippen MR) is 96.0 cm³/mol. The molecule has 122 valence electrons. The molecule has 0 unspecified atom stereocenters. The van der Waals surface area contributed by atoms with Crippen LogP contribution in [-0.2, 0) is 13.0 Å². The molecule has 0 bridgehead atoms. The van der Waals surface area contributed by atoms with Crippen molar-refractivity contribution in [3.63, 3.8) is 0 Å². The highest BCUT2D eigenvalue weighted by atomic mass is 35.5. The quantitative estimate of drug-likeness (QED) is 0.731. The van der Waals surface area contributed by atoms with Crippen LogP contribution in [0.15, 0.2) is 54.7 Å². The summed E-state index contributed by atoms with van der Waals surface area (Å²) in [6.45, 7) is 2.59. The van der Waals surface area contributed by atoms with Gasteiger partial charge in [-0.05, 0) is 29.7 Å². The Bertz CT molecular complexity index is 840. The summed E-state index contributed by atoms with van der Waals surface area (Å²) >= 11 is 6.02. The highest BCUT2D eigenvalue weighted by Crippen LogP contribution is 2.24. The highest BCUT2D eigenvalue weighted by molar-refractivity contribution is 6.30. The van der Waals surface area contributed by atoms with E-state index in [1.165, 1.54) is 11.8 Å². The van der Waals surface area contributed by atoms with Crippen LogP contribution in [0.5, 0.6) is 0 Å². The van der Waals surface area contributed by atoms with Gasteiger partial charge in [0.1, 0.15) is 0 Å². The lowest BCUT2D eigenvalue weighted by Gasteiger charge is -2.07. The van der Waals surface area contributed by atoms with Crippen LogP contribution in [0.4, 0.5) is 0 Å². The Morgan fingerprint density at radius 1 is 1.17 bits per heavy atom. The lowest BCUT2D eigenvalue weighted by Crippen LogP contribution is -2.23. The minimum atomic E-state index is -0.168. The molecule has 0 aliphatic rings. The maximum atomic E-state index is 12.5. The van der Waals surface area contributed by atoms with Crippen LogP contribution in [0.1, 0.15) is 28.4 Å². The van der Waals surface area contributed by atoms with Gasteiger partial charge in [-0.2, -0.15) is 5.10 Å². The third-order valence-corrected chi connectivity index (χ3v) is 4.12. The Balaban J connectivity index is 1.73. The summed E-state index contributed by atoms with van der Waals surface area (Å²) in [6, 6.07) is 15.6. The molecule has 0 atom stereocenters. The third kappa shape index (κ3) is 3.66. The van der Waals surface area contributed by atoms with Crippen LogP contribution >= 0.6 is 11.6 Å². The van der Waals surface area contributed by atoms with E-state index in [0.717, 1.165) is 17.5 Å². The number of aryl methyl sites for hydroxylation is 1. The number of benzene rings is 2. The number of H-pyrrole nitrogens is 1. The number of carbonyl (C=O) groups is 1. The molecule has 0 radical (unpaired) electrons. The first-order chi connectivity index (χ1) is 11.7. The molecule has 0 spiro atoms. The van der Waals surface area contributed by atoms with Gasteiger partial charge in [0.05, 0.1) is 17.5 Å². The predicted octanol–water partition coefficient (Wildman–Crippen LogP) is 4.22. The number of nitrogens with one attached hydrogen (secondary N) is 2. The molecule has 1 aromatic heterocycles. The Labute approximate surface area is 145 Å². The first kappa shape index (κ1) is 16.3. The molecular formula is C19H18ClN3O. The van der Waals surface area contributed by atoms with Crippen molar-refractivity contribution in [2.45, 2.75) is 19.9 Å². The molecule has 0 aliphatic heterocycles. The summed E-state index contributed by atoms with van der Waals surface area (Å²) < 4.78 is 0. The lowest BCUT2D eigenvalue weighted by atomic mass is 10.1. The largest absolute Gasteiger partial charge is 0.348 e. The minimum absolute atomic E-state index is 0.168. The van der Waals surface area contributed by atoms with Crippen LogP contribution < -0.4 is 5.32 Å². The fraction of sp³-hybridized carbons (Fsp3) is 0.158. The first-order valence-electron chi connectivity index (χ1n) is 7.82. The zero-order valence-corrected chi connectivity index (χ0v) is 14.1. The van der Waals surface area contributed by atoms with E-state index < -0.39 is 0 Å². The van der Waals surface area contributed by atoms with E-state index in [2.05, 4.69) is 34.6 Å². The molecular weight excluding hydrogens is 322 g/mol. The number of aromatic nitrogens is 2. The smallest absolute Gasteiger partial charge is 0.255 e. The Hall–Kier alpha value is -2.59. The van der Waals surface area contributed by atoms with Gasteiger partial charge in [-0.25, -0.2) is 0 Å². The zero-order chi connectivity index (χ0) is 16.9. The monoisotopic (exact) mass is 339 g/mol. The highest BCUT2D eigenvalue weighted by Gasteiger charge is 2.15. The molecule has 1 amide bonds. The van der Waals surface area contributed by atoms with Crippen molar-refractivity contribution in [3.8, 4) is 11.3 Å². The van der Waals surface area contributed by atoms with Gasteiger partial charge < -0.3 is 5.32 Å². The molecule has 0 saturated carbocycles. The van der Waals surface area contributed by atoms with Crippen LogP contribution in [0.3, 0.4) is 0 Å². The normalized spacial score (nSPS) is 10.6. The molecule has 1 heterocycles. The summed E-state index contributed by atoms with van der Waals surface area (Å²) in [5.74, 6) is -0.168. The number of hydrogen-bond donors (Lipinski definition) is 2. The lowest BCUT2D eigenvalue weighted by molar-refractivity contribution is 0.0951. The number of hydrogen-bond acceptors (Lipinski definition) is 2. The Morgan fingerprint density at radius 2 is 1.92 bits per heavy atom. The average Bonchev–Trinajstić information content (AvgIpc) is 3.10. The second-order valence-corrected chi connectivity index (χ2v) is 5.96. The molecule has 0 aliphatic carbocycles. The fourth-order valence-corrected chi connectivity index (χ4v) is 2.68. The molecule has 5 heteroatoms. The van der Waals surface area contributed by atoms with Crippen molar-refractivity contribution in [1.82, 2.24) is 15.5 Å². The van der Waals surface area contributed by atoms with Crippen molar-refractivity contribution in [1.29, 1.82) is 0 Å². The van der Waals surface area contributed by atoms with E-state index in [-0.39, 0.29) is 5.91 Å². The van der Waals surface area contributed by atoms with Crippen molar-refractivity contribution in [2.24, 2.45) is 0 Å². The van der Waals surface area contributed by atoms with Crippen molar-refractivity contribution >= 4 is 17.5 Å². The van der Waals surface area contributed by atoms with Gasteiger partial charge >= 0.3 is 0 Å². The van der Waals surface area contributed by atoms with Gasteiger partial charge in [-0.15, -0.1) is 0 Å². The van der Waals surface area contributed by atoms with Gasteiger partial charge in [-0.3, -0.25) is 9.89 Å². The van der Waals surface area contributed by atoms with Crippen molar-refractivity contribution < 1.29 is 4.79 Å². The molecule has 3 aromatic rings. The van der Waals surface area contributed by atoms with Crippen LogP contribution in [0.25, 0.3) is 11.3 Å². The second kappa shape index (κ2) is 7.32. The zero-order valence-electron chi connectivity index (χ0n) is 13.3. The van der Waals surface area contributed by atoms with Gasteiger partial charge in [-0.1, -0.05) is 54.9 Å². The van der Waals surface area contributed by atoms with E-state index in [0.29, 0.717) is 22.8 Å². The molecule has 0 fully saturated rings. The summed E-state index contributed by atoms with van der Waals surface area (Å²) in [5, 5.41) is 10.4. The summed E-state index contributed by atoms with van der Waals surface area (Å²) in [5.41, 5.74) is 4.34. The number of nitrogens with zero attached hydrogens (tertiary/aromatic N) is 1. The maximum Gasteiger partial charge on any atom is 0.255 e. The number of aromatic amines is 1. The number of halogens is 1. The Morgan fingerprint density at radius 3 is 2.62 bits per heavy atom. The molecule has 4 nitrogen and oxygen atoms in total. The van der Waals surface area contributed by atoms with E-state index in [4.69, 9.17) is 11.6 Å². The molecule has 24 heavy (non-hydrogen) atoms. The summed E-state index contributed by atoms with van der Waals surface area (Å²) in [6.07, 6.45) is 2.54. The Kier molecular flexibility index (Phi) is 4.96. The molecule has 3 rings (SSSR count). The molecule has 2 N–H and O–H groups in total. The number of rotatable bonds is 5. The molecule has 0 saturated heterocycles. The van der Waals surface area contributed by atoms with Crippen LogP contribution in [0, 0.1) is 0 Å². The molecule has 2 aromatic carbocycles. The van der Waals surface area contributed by atoms with Gasteiger partial charge in [0, 0.05) is 17.1 Å². The fourth-order valence-electron chi connectivity index (χ4n) is 2.49. The van der Waals surface area contributed by atoms with E-state index in [9.17, 15) is 4.79 Å². The summed E-state index contributed by atoms with van der Waals surface area (Å²) in [4.78, 5) is 12.5. The van der Waals surface area contributed by atoms with Gasteiger partial charge in [0.2, 0.25) is 0 Å². The topological polar surface area (TPSA) is 57.8 Å². The van der Waals surface area contributed by atoms with Gasteiger partial charge in [0.15, 0.2) is 0 Å².